The molecule has 0 aromatic heterocycles. The van der Waals surface area contributed by atoms with Crippen molar-refractivity contribution < 1.29 is 4.79 Å². The van der Waals surface area contributed by atoms with Gasteiger partial charge < -0.3 is 5.73 Å². The number of carbonyl (C=O) groups excluding carboxylic acids is 1. The van der Waals surface area contributed by atoms with Crippen LogP contribution in [0.4, 0.5) is 0 Å². The van der Waals surface area contributed by atoms with Crippen molar-refractivity contribution in [1.29, 1.82) is 0 Å². The van der Waals surface area contributed by atoms with Crippen LogP contribution in [-0.2, 0) is 4.79 Å². The SMILES string of the molecule is CC(C)N(C1CCCCC1)N(C)C(=O)CCN. The van der Waals surface area contributed by atoms with Crippen molar-refractivity contribution in [2.75, 3.05) is 13.6 Å². The Labute approximate surface area is 105 Å². The average molecular weight is 241 g/mol. The molecule has 0 heterocycles. The van der Waals surface area contributed by atoms with E-state index < -0.39 is 0 Å². The Balaban J connectivity index is 2.66. The number of hydrogen-bond acceptors (Lipinski definition) is 3. The van der Waals surface area contributed by atoms with E-state index in [0.717, 1.165) is 0 Å². The second-order valence-electron chi connectivity index (χ2n) is 5.22. The van der Waals surface area contributed by atoms with Gasteiger partial charge in [-0.25, -0.2) is 5.01 Å². The van der Waals surface area contributed by atoms with Crippen molar-refractivity contribution in [2.24, 2.45) is 5.73 Å². The number of nitrogens with two attached hydrogens (primary N) is 1. The van der Waals surface area contributed by atoms with Crippen LogP contribution < -0.4 is 5.73 Å². The molecule has 17 heavy (non-hydrogen) atoms. The second kappa shape index (κ2) is 6.97. The van der Waals surface area contributed by atoms with Crippen molar-refractivity contribution in [3.8, 4) is 0 Å². The smallest absolute Gasteiger partial charge is 0.237 e. The fourth-order valence-electron chi connectivity index (χ4n) is 2.77. The van der Waals surface area contributed by atoms with Gasteiger partial charge in [0.05, 0.1) is 0 Å². The molecule has 0 aromatic rings. The summed E-state index contributed by atoms with van der Waals surface area (Å²) in [5.74, 6) is 0.131. The van der Waals surface area contributed by atoms with Gasteiger partial charge in [0.25, 0.3) is 0 Å². The highest BCUT2D eigenvalue weighted by molar-refractivity contribution is 5.75. The standard InChI is InChI=1S/C13H27N3O/c1-11(2)16(12-7-5-4-6-8-12)15(3)13(17)9-10-14/h11-12H,4-10,14H2,1-3H3. The van der Waals surface area contributed by atoms with Crippen LogP contribution in [-0.4, -0.2) is 41.6 Å². The first-order chi connectivity index (χ1) is 8.07. The van der Waals surface area contributed by atoms with Crippen molar-refractivity contribution >= 4 is 5.91 Å². The van der Waals surface area contributed by atoms with Gasteiger partial charge in [0.2, 0.25) is 5.91 Å². The van der Waals surface area contributed by atoms with E-state index in [2.05, 4.69) is 18.9 Å². The molecule has 1 saturated carbocycles. The van der Waals surface area contributed by atoms with Crippen molar-refractivity contribution in [1.82, 2.24) is 10.0 Å². The van der Waals surface area contributed by atoms with E-state index in [9.17, 15) is 4.79 Å². The fraction of sp³-hybridized carbons (Fsp3) is 0.923. The Hall–Kier alpha value is -0.610. The zero-order valence-corrected chi connectivity index (χ0v) is 11.5. The van der Waals surface area contributed by atoms with Crippen molar-refractivity contribution in [2.45, 2.75) is 64.5 Å². The molecule has 0 bridgehead atoms. The van der Waals surface area contributed by atoms with E-state index in [4.69, 9.17) is 5.73 Å². The molecule has 2 N–H and O–H groups in total. The third-order valence-corrected chi connectivity index (χ3v) is 3.54. The van der Waals surface area contributed by atoms with Gasteiger partial charge in [-0.2, -0.15) is 0 Å². The van der Waals surface area contributed by atoms with Gasteiger partial charge in [0.15, 0.2) is 0 Å². The summed E-state index contributed by atoms with van der Waals surface area (Å²) in [6, 6.07) is 0.889. The molecule has 4 heteroatoms. The zero-order valence-electron chi connectivity index (χ0n) is 11.5. The first kappa shape index (κ1) is 14.5. The summed E-state index contributed by atoms with van der Waals surface area (Å²) in [6.07, 6.45) is 6.76. The van der Waals surface area contributed by atoms with Gasteiger partial charge in [-0.1, -0.05) is 19.3 Å². The molecule has 0 aromatic carbocycles. The summed E-state index contributed by atoms with van der Waals surface area (Å²) >= 11 is 0. The normalized spacial score (nSPS) is 17.8. The molecule has 1 aliphatic carbocycles. The Bertz CT molecular complexity index is 237. The molecule has 0 aliphatic heterocycles. The van der Waals surface area contributed by atoms with Crippen molar-refractivity contribution in [3.63, 3.8) is 0 Å². The molecule has 1 fully saturated rings. The third-order valence-electron chi connectivity index (χ3n) is 3.54. The predicted octanol–water partition coefficient (Wildman–Crippen LogP) is 1.75. The van der Waals surface area contributed by atoms with Crippen LogP contribution in [0.1, 0.15) is 52.4 Å². The van der Waals surface area contributed by atoms with Crippen molar-refractivity contribution in [3.05, 3.63) is 0 Å². The molecular weight excluding hydrogens is 214 g/mol. The highest BCUT2D eigenvalue weighted by atomic mass is 16.2. The molecule has 1 amide bonds. The minimum Gasteiger partial charge on any atom is -0.330 e. The van der Waals surface area contributed by atoms with Gasteiger partial charge >= 0.3 is 0 Å². The zero-order chi connectivity index (χ0) is 12.8. The van der Waals surface area contributed by atoms with E-state index >= 15 is 0 Å². The summed E-state index contributed by atoms with van der Waals surface area (Å²) in [6.45, 7) is 4.74. The molecule has 1 aliphatic rings. The highest BCUT2D eigenvalue weighted by Gasteiger charge is 2.28. The lowest BCUT2D eigenvalue weighted by atomic mass is 9.94. The summed E-state index contributed by atoms with van der Waals surface area (Å²) in [4.78, 5) is 11.9. The quantitative estimate of drug-likeness (QED) is 0.746. The molecule has 0 saturated heterocycles. The molecule has 0 atom stereocenters. The second-order valence-corrected chi connectivity index (χ2v) is 5.22. The van der Waals surface area contributed by atoms with E-state index in [-0.39, 0.29) is 5.91 Å². The molecule has 0 radical (unpaired) electrons. The molecule has 4 nitrogen and oxygen atoms in total. The Morgan fingerprint density at radius 3 is 2.35 bits per heavy atom. The van der Waals surface area contributed by atoms with Crippen LogP contribution >= 0.6 is 0 Å². The minimum atomic E-state index is 0.131. The van der Waals surface area contributed by atoms with Gasteiger partial charge in [0.1, 0.15) is 0 Å². The maximum absolute atomic E-state index is 11.9. The average Bonchev–Trinajstić information content (AvgIpc) is 2.30. The summed E-state index contributed by atoms with van der Waals surface area (Å²) in [5.41, 5.74) is 5.46. The number of hydrogen-bond donors (Lipinski definition) is 1. The number of hydrazine groups is 1. The summed E-state index contributed by atoms with van der Waals surface area (Å²) in [5, 5.41) is 4.05. The lowest BCUT2D eigenvalue weighted by Crippen LogP contribution is -2.53. The topological polar surface area (TPSA) is 49.6 Å². The van der Waals surface area contributed by atoms with Crippen LogP contribution in [0.5, 0.6) is 0 Å². The van der Waals surface area contributed by atoms with E-state index in [1.54, 1.807) is 5.01 Å². The lowest BCUT2D eigenvalue weighted by molar-refractivity contribution is -0.155. The van der Waals surface area contributed by atoms with Gasteiger partial charge in [-0.05, 0) is 26.7 Å². The third kappa shape index (κ3) is 3.96. The largest absolute Gasteiger partial charge is 0.330 e. The number of amides is 1. The van der Waals surface area contributed by atoms with E-state index in [0.29, 0.717) is 25.0 Å². The monoisotopic (exact) mass is 241 g/mol. The van der Waals surface area contributed by atoms with Crippen LogP contribution in [0.25, 0.3) is 0 Å². The molecule has 100 valence electrons. The van der Waals surface area contributed by atoms with Gasteiger partial charge in [-0.15, -0.1) is 0 Å². The Morgan fingerprint density at radius 1 is 1.29 bits per heavy atom. The van der Waals surface area contributed by atoms with E-state index in [1.165, 1.54) is 32.1 Å². The molecular formula is C13H27N3O. The first-order valence-electron chi connectivity index (χ1n) is 6.82. The van der Waals surface area contributed by atoms with E-state index in [1.807, 2.05) is 7.05 Å². The highest BCUT2D eigenvalue weighted by Crippen LogP contribution is 2.25. The molecule has 1 rings (SSSR count). The van der Waals surface area contributed by atoms with Gasteiger partial charge in [0, 0.05) is 32.1 Å². The molecule has 0 unspecified atom stereocenters. The Morgan fingerprint density at radius 2 is 1.88 bits per heavy atom. The van der Waals surface area contributed by atoms with Crippen LogP contribution in [0.2, 0.25) is 0 Å². The van der Waals surface area contributed by atoms with Crippen LogP contribution in [0.15, 0.2) is 0 Å². The maximum Gasteiger partial charge on any atom is 0.237 e. The summed E-state index contributed by atoms with van der Waals surface area (Å²) in [7, 11) is 1.88. The summed E-state index contributed by atoms with van der Waals surface area (Å²) < 4.78 is 0. The van der Waals surface area contributed by atoms with Gasteiger partial charge in [-0.3, -0.25) is 9.80 Å². The first-order valence-corrected chi connectivity index (χ1v) is 6.82. The lowest BCUT2D eigenvalue weighted by Gasteiger charge is -2.42. The molecule has 0 spiro atoms. The number of nitrogens with zero attached hydrogens (tertiary/aromatic N) is 2. The van der Waals surface area contributed by atoms with Crippen LogP contribution in [0, 0.1) is 0 Å². The van der Waals surface area contributed by atoms with Crippen LogP contribution in [0.3, 0.4) is 0 Å². The fourth-order valence-corrected chi connectivity index (χ4v) is 2.77. The number of rotatable bonds is 5. The Kier molecular flexibility index (Phi) is 5.92. The maximum atomic E-state index is 11.9. The number of carbonyl (C=O) groups is 1. The predicted molar refractivity (Wildman–Crippen MR) is 70.3 cm³/mol. The minimum absolute atomic E-state index is 0.131.